The van der Waals surface area contributed by atoms with Crippen LogP contribution in [0.4, 0.5) is 0 Å². The summed E-state index contributed by atoms with van der Waals surface area (Å²) in [6, 6.07) is -0.178. The molecule has 0 amide bonds. The molecule has 0 radical (unpaired) electrons. The van der Waals surface area contributed by atoms with Crippen molar-refractivity contribution in [1.82, 2.24) is 0 Å². The molecule has 0 aromatic heterocycles. The first kappa shape index (κ1) is 17.0. The second-order valence-corrected chi connectivity index (χ2v) is 9.45. The second-order valence-electron chi connectivity index (χ2n) is 6.86. The summed E-state index contributed by atoms with van der Waals surface area (Å²) in [5.41, 5.74) is 6.34. The van der Waals surface area contributed by atoms with Gasteiger partial charge in [0, 0.05) is 6.04 Å². The topological polar surface area (TPSA) is 60.2 Å². The maximum atomic E-state index is 12.6. The van der Waals surface area contributed by atoms with Gasteiger partial charge in [-0.05, 0) is 43.9 Å². The Morgan fingerprint density at radius 3 is 2.32 bits per heavy atom. The maximum Gasteiger partial charge on any atom is 0.157 e. The minimum Gasteiger partial charge on any atom is -0.327 e. The Labute approximate surface area is 119 Å². The van der Waals surface area contributed by atoms with E-state index in [1.807, 2.05) is 13.8 Å². The van der Waals surface area contributed by atoms with Crippen LogP contribution in [0.1, 0.15) is 66.7 Å². The van der Waals surface area contributed by atoms with Crippen LogP contribution in [-0.4, -0.2) is 25.0 Å². The summed E-state index contributed by atoms with van der Waals surface area (Å²) in [5.74, 6) is 0.473. The highest BCUT2D eigenvalue weighted by molar-refractivity contribution is 7.92. The van der Waals surface area contributed by atoms with Crippen molar-refractivity contribution in [2.45, 2.75) is 83.3 Å². The van der Waals surface area contributed by atoms with E-state index >= 15 is 0 Å². The van der Waals surface area contributed by atoms with Crippen molar-refractivity contribution < 1.29 is 8.42 Å². The number of hydrogen-bond acceptors (Lipinski definition) is 3. The average Bonchev–Trinajstić information content (AvgIpc) is 2.37. The number of rotatable bonds is 5. The fourth-order valence-electron chi connectivity index (χ4n) is 3.06. The van der Waals surface area contributed by atoms with Gasteiger partial charge in [-0.15, -0.1) is 0 Å². The lowest BCUT2D eigenvalue weighted by atomic mass is 9.69. The van der Waals surface area contributed by atoms with E-state index in [1.54, 1.807) is 0 Å². The van der Waals surface area contributed by atoms with Gasteiger partial charge >= 0.3 is 0 Å². The highest BCUT2D eigenvalue weighted by Gasteiger charge is 2.42. The van der Waals surface area contributed by atoms with E-state index in [0.717, 1.165) is 25.7 Å². The summed E-state index contributed by atoms with van der Waals surface area (Å²) < 4.78 is 25.2. The molecule has 1 aliphatic rings. The summed E-state index contributed by atoms with van der Waals surface area (Å²) in [5, 5.41) is -0.612. The van der Waals surface area contributed by atoms with Gasteiger partial charge in [-0.1, -0.05) is 34.1 Å². The number of hydrogen-bond donors (Lipinski definition) is 1. The molecule has 0 saturated heterocycles. The van der Waals surface area contributed by atoms with Gasteiger partial charge in [0.25, 0.3) is 0 Å². The lowest BCUT2D eigenvalue weighted by Crippen LogP contribution is -2.49. The van der Waals surface area contributed by atoms with Crippen molar-refractivity contribution in [3.63, 3.8) is 0 Å². The Hall–Kier alpha value is -0.0900. The van der Waals surface area contributed by atoms with E-state index in [4.69, 9.17) is 5.73 Å². The molecule has 2 N–H and O–H groups in total. The molecule has 1 saturated carbocycles. The van der Waals surface area contributed by atoms with Crippen LogP contribution >= 0.6 is 0 Å². The predicted molar refractivity (Wildman–Crippen MR) is 81.8 cm³/mol. The fraction of sp³-hybridized carbons (Fsp3) is 1.00. The molecule has 4 unspecified atom stereocenters. The maximum absolute atomic E-state index is 12.6. The molecule has 0 aromatic carbocycles. The molecule has 4 atom stereocenters. The van der Waals surface area contributed by atoms with Crippen molar-refractivity contribution >= 4 is 9.84 Å². The highest BCUT2D eigenvalue weighted by Crippen LogP contribution is 2.42. The van der Waals surface area contributed by atoms with Gasteiger partial charge in [0.05, 0.1) is 10.5 Å². The first-order valence-corrected chi connectivity index (χ1v) is 9.26. The van der Waals surface area contributed by atoms with Gasteiger partial charge in [-0.25, -0.2) is 8.42 Å². The van der Waals surface area contributed by atoms with Crippen molar-refractivity contribution in [1.29, 1.82) is 0 Å². The minimum atomic E-state index is -3.09. The number of nitrogens with two attached hydrogens (primary N) is 1. The third-order valence-corrected chi connectivity index (χ3v) is 8.26. The third-order valence-electron chi connectivity index (χ3n) is 5.42. The van der Waals surface area contributed by atoms with Crippen molar-refractivity contribution in [3.05, 3.63) is 0 Å². The zero-order chi connectivity index (χ0) is 14.8. The molecular formula is C15H31NO2S. The summed E-state index contributed by atoms with van der Waals surface area (Å²) in [6.07, 6.45) is 4.41. The smallest absolute Gasteiger partial charge is 0.157 e. The molecule has 4 heteroatoms. The molecule has 1 aliphatic carbocycles. The first-order valence-electron chi connectivity index (χ1n) is 7.65. The predicted octanol–water partition coefficient (Wildman–Crippen LogP) is 3.13. The molecule has 1 fully saturated rings. The molecule has 114 valence electrons. The highest BCUT2D eigenvalue weighted by atomic mass is 32.2. The molecular weight excluding hydrogens is 258 g/mol. The summed E-state index contributed by atoms with van der Waals surface area (Å²) in [7, 11) is -3.09. The van der Waals surface area contributed by atoms with Crippen LogP contribution < -0.4 is 5.73 Å². The van der Waals surface area contributed by atoms with Gasteiger partial charge in [0.1, 0.15) is 0 Å². The van der Waals surface area contributed by atoms with E-state index in [-0.39, 0.29) is 22.0 Å². The van der Waals surface area contributed by atoms with Crippen molar-refractivity contribution in [2.75, 3.05) is 0 Å². The van der Waals surface area contributed by atoms with Crippen LogP contribution in [0, 0.1) is 11.3 Å². The SMILES string of the molecule is CCC(C)S(=O)(=O)C1CC(C(C)(C)CC)CCC1N. The normalized spacial score (nSPS) is 31.2. The van der Waals surface area contributed by atoms with E-state index in [2.05, 4.69) is 20.8 Å². The molecule has 19 heavy (non-hydrogen) atoms. The Morgan fingerprint density at radius 2 is 1.84 bits per heavy atom. The molecule has 0 aliphatic heterocycles. The summed E-state index contributed by atoms with van der Waals surface area (Å²) in [4.78, 5) is 0. The molecule has 1 rings (SSSR count). The zero-order valence-electron chi connectivity index (χ0n) is 13.1. The van der Waals surface area contributed by atoms with Crippen LogP contribution in [0.25, 0.3) is 0 Å². The summed E-state index contributed by atoms with van der Waals surface area (Å²) >= 11 is 0. The fourth-order valence-corrected chi connectivity index (χ4v) is 5.24. The molecule has 0 spiro atoms. The monoisotopic (exact) mass is 289 g/mol. The van der Waals surface area contributed by atoms with Crippen LogP contribution in [-0.2, 0) is 9.84 Å². The minimum absolute atomic E-state index is 0.178. The van der Waals surface area contributed by atoms with Gasteiger partial charge in [-0.2, -0.15) is 0 Å². The van der Waals surface area contributed by atoms with Gasteiger partial charge in [0.2, 0.25) is 0 Å². The third kappa shape index (κ3) is 3.52. The second kappa shape index (κ2) is 6.13. The molecule has 0 heterocycles. The lowest BCUT2D eigenvalue weighted by molar-refractivity contribution is 0.146. The van der Waals surface area contributed by atoms with Gasteiger partial charge < -0.3 is 5.73 Å². The Balaban J connectivity index is 2.94. The van der Waals surface area contributed by atoms with E-state index < -0.39 is 9.84 Å². The zero-order valence-corrected chi connectivity index (χ0v) is 14.0. The van der Waals surface area contributed by atoms with E-state index in [0.29, 0.717) is 12.3 Å². The number of sulfone groups is 1. The largest absolute Gasteiger partial charge is 0.327 e. The van der Waals surface area contributed by atoms with Crippen LogP contribution in [0.5, 0.6) is 0 Å². The summed E-state index contributed by atoms with van der Waals surface area (Å²) in [6.45, 7) is 10.4. The average molecular weight is 289 g/mol. The van der Waals surface area contributed by atoms with Gasteiger partial charge in [-0.3, -0.25) is 0 Å². The van der Waals surface area contributed by atoms with Crippen molar-refractivity contribution in [3.8, 4) is 0 Å². The van der Waals surface area contributed by atoms with Crippen LogP contribution in [0.3, 0.4) is 0 Å². The van der Waals surface area contributed by atoms with E-state index in [9.17, 15) is 8.42 Å². The standard InChI is InChI=1S/C15H31NO2S/c1-6-11(3)19(17,18)14-10-12(8-9-13(14)16)15(4,5)7-2/h11-14H,6-10,16H2,1-5H3. The van der Waals surface area contributed by atoms with Gasteiger partial charge in [0.15, 0.2) is 9.84 Å². The lowest BCUT2D eigenvalue weighted by Gasteiger charge is -2.42. The Morgan fingerprint density at radius 1 is 1.26 bits per heavy atom. The molecule has 3 nitrogen and oxygen atoms in total. The Bertz CT molecular complexity index is 389. The van der Waals surface area contributed by atoms with Crippen LogP contribution in [0.15, 0.2) is 0 Å². The molecule has 0 bridgehead atoms. The van der Waals surface area contributed by atoms with E-state index in [1.165, 1.54) is 0 Å². The quantitative estimate of drug-likeness (QED) is 0.846. The first-order chi connectivity index (χ1) is 8.66. The van der Waals surface area contributed by atoms with Crippen molar-refractivity contribution in [2.24, 2.45) is 17.1 Å². The van der Waals surface area contributed by atoms with Crippen LogP contribution in [0.2, 0.25) is 0 Å². The Kier molecular flexibility index (Phi) is 5.47. The molecule has 0 aromatic rings.